The molecule has 3 heterocycles. The van der Waals surface area contributed by atoms with E-state index >= 15 is 0 Å². The van der Waals surface area contributed by atoms with Gasteiger partial charge in [0, 0.05) is 12.4 Å². The lowest BCUT2D eigenvalue weighted by Crippen LogP contribution is -2.64. The summed E-state index contributed by atoms with van der Waals surface area (Å²) < 4.78 is 23.8. The highest BCUT2D eigenvalue weighted by Gasteiger charge is 2.73. The summed E-state index contributed by atoms with van der Waals surface area (Å²) in [6.45, 7) is 2.59. The Hall–Kier alpha value is -2.00. The molecule has 9 heteroatoms. The molecule has 2 saturated heterocycles. The highest BCUT2D eigenvalue weighted by Crippen LogP contribution is 2.51. The molecular weight excluding hydrogens is 324 g/mol. The van der Waals surface area contributed by atoms with E-state index in [2.05, 4.69) is 4.98 Å². The van der Waals surface area contributed by atoms with Crippen LogP contribution in [-0.2, 0) is 19.4 Å². The lowest BCUT2D eigenvalue weighted by Gasteiger charge is -2.44. The van der Waals surface area contributed by atoms with Crippen LogP contribution in [0.2, 0.25) is 0 Å². The van der Waals surface area contributed by atoms with Gasteiger partial charge in [0.1, 0.15) is 17.3 Å². The number of aliphatic carboxylic acids is 1. The van der Waals surface area contributed by atoms with Gasteiger partial charge in [0.05, 0.1) is 10.9 Å². The molecule has 0 saturated carbocycles. The van der Waals surface area contributed by atoms with Gasteiger partial charge in [-0.3, -0.25) is 9.78 Å². The predicted octanol–water partition coefficient (Wildman–Crippen LogP) is -0.440. The number of pyridine rings is 1. The highest BCUT2D eigenvalue weighted by atomic mass is 32.2. The molecule has 1 amide bonds. The van der Waals surface area contributed by atoms with E-state index in [9.17, 15) is 28.2 Å². The molecule has 0 radical (unpaired) electrons. The SMILES string of the molecule is CC1(C)[C@H](C(=O)O)N2C(=O)[C@@H]([C@@H](O)c3ccncc3)[C@H]2S1(=O)=O. The van der Waals surface area contributed by atoms with Crippen molar-refractivity contribution in [3.63, 3.8) is 0 Å². The first-order valence-electron chi connectivity index (χ1n) is 6.99. The Morgan fingerprint density at radius 1 is 1.35 bits per heavy atom. The summed E-state index contributed by atoms with van der Waals surface area (Å²) in [5.41, 5.74) is 0.366. The van der Waals surface area contributed by atoms with E-state index in [1.54, 1.807) is 0 Å². The summed E-state index contributed by atoms with van der Waals surface area (Å²) in [6.07, 6.45) is 1.52. The molecule has 2 fully saturated rings. The lowest BCUT2D eigenvalue weighted by atomic mass is 9.85. The number of sulfone groups is 1. The van der Waals surface area contributed by atoms with Crippen molar-refractivity contribution < 1.29 is 28.2 Å². The van der Waals surface area contributed by atoms with Crippen LogP contribution in [0.4, 0.5) is 0 Å². The zero-order valence-electron chi connectivity index (χ0n) is 12.4. The first-order chi connectivity index (χ1) is 10.6. The molecule has 0 aliphatic carbocycles. The molecule has 23 heavy (non-hydrogen) atoms. The second-order valence-corrected chi connectivity index (χ2v) is 8.90. The molecule has 1 aromatic rings. The van der Waals surface area contributed by atoms with E-state index in [0.29, 0.717) is 5.56 Å². The Bertz CT molecular complexity index is 776. The number of carboxylic acid groups (broad SMARTS) is 1. The van der Waals surface area contributed by atoms with Gasteiger partial charge in [-0.1, -0.05) is 0 Å². The Labute approximate surface area is 132 Å². The zero-order valence-corrected chi connectivity index (χ0v) is 13.3. The van der Waals surface area contributed by atoms with E-state index in [-0.39, 0.29) is 0 Å². The van der Waals surface area contributed by atoms with E-state index < -0.39 is 49.9 Å². The normalized spacial score (nSPS) is 32.0. The summed E-state index contributed by atoms with van der Waals surface area (Å²) in [7, 11) is -3.95. The fourth-order valence-electron chi connectivity index (χ4n) is 3.40. The molecule has 8 nitrogen and oxygen atoms in total. The van der Waals surface area contributed by atoms with Crippen LogP contribution < -0.4 is 0 Å². The van der Waals surface area contributed by atoms with Crippen molar-refractivity contribution in [3.05, 3.63) is 30.1 Å². The minimum atomic E-state index is -3.95. The maximum absolute atomic E-state index is 12.7. The number of β-lactam (4-membered cyclic amide) rings is 1. The van der Waals surface area contributed by atoms with Crippen LogP contribution in [0.1, 0.15) is 25.5 Å². The van der Waals surface area contributed by atoms with E-state index in [0.717, 1.165) is 4.90 Å². The van der Waals surface area contributed by atoms with Crippen molar-refractivity contribution >= 4 is 21.7 Å². The third-order valence-corrected chi connectivity index (χ3v) is 7.58. The van der Waals surface area contributed by atoms with Crippen molar-refractivity contribution in [1.29, 1.82) is 0 Å². The van der Waals surface area contributed by atoms with E-state index in [4.69, 9.17) is 0 Å². The minimum Gasteiger partial charge on any atom is -0.480 e. The number of nitrogens with zero attached hydrogens (tertiary/aromatic N) is 2. The number of aliphatic hydroxyl groups is 1. The number of rotatable bonds is 3. The number of hydrogen-bond donors (Lipinski definition) is 2. The molecule has 124 valence electrons. The van der Waals surface area contributed by atoms with Crippen molar-refractivity contribution in [2.75, 3.05) is 0 Å². The largest absolute Gasteiger partial charge is 0.480 e. The summed E-state index contributed by atoms with van der Waals surface area (Å²) in [5.74, 6) is -3.24. The molecule has 2 aliphatic rings. The lowest BCUT2D eigenvalue weighted by molar-refractivity contribution is -0.169. The summed E-state index contributed by atoms with van der Waals surface area (Å²) >= 11 is 0. The number of fused-ring (bicyclic) bond motifs is 1. The average molecular weight is 340 g/mol. The van der Waals surface area contributed by atoms with E-state index in [1.807, 2.05) is 0 Å². The quantitative estimate of drug-likeness (QED) is 0.715. The second kappa shape index (κ2) is 4.75. The van der Waals surface area contributed by atoms with Gasteiger partial charge in [-0.05, 0) is 31.5 Å². The zero-order chi connectivity index (χ0) is 17.2. The van der Waals surface area contributed by atoms with Crippen molar-refractivity contribution in [2.45, 2.75) is 36.1 Å². The van der Waals surface area contributed by atoms with Crippen molar-refractivity contribution in [2.24, 2.45) is 5.92 Å². The van der Waals surface area contributed by atoms with Crippen LogP contribution in [0.3, 0.4) is 0 Å². The molecule has 4 atom stereocenters. The van der Waals surface area contributed by atoms with Gasteiger partial charge in [0.25, 0.3) is 0 Å². The fourth-order valence-corrected chi connectivity index (χ4v) is 5.73. The molecule has 1 aromatic heterocycles. The Balaban J connectivity index is 2.04. The number of aromatic nitrogens is 1. The predicted molar refractivity (Wildman–Crippen MR) is 77.7 cm³/mol. The second-order valence-electron chi connectivity index (χ2n) is 6.28. The van der Waals surface area contributed by atoms with E-state index in [1.165, 1.54) is 38.4 Å². The van der Waals surface area contributed by atoms with Crippen LogP contribution in [0.15, 0.2) is 24.5 Å². The molecule has 2 N–H and O–H groups in total. The molecule has 0 unspecified atom stereocenters. The van der Waals surface area contributed by atoms with Crippen LogP contribution in [0.5, 0.6) is 0 Å². The minimum absolute atomic E-state index is 0.366. The molecular formula is C14H16N2O6S. The number of carboxylic acids is 1. The Morgan fingerprint density at radius 2 is 1.91 bits per heavy atom. The maximum Gasteiger partial charge on any atom is 0.328 e. The van der Waals surface area contributed by atoms with Gasteiger partial charge in [0.2, 0.25) is 5.91 Å². The molecule has 3 rings (SSSR count). The van der Waals surface area contributed by atoms with Crippen LogP contribution in [0, 0.1) is 5.92 Å². The van der Waals surface area contributed by atoms with Crippen LogP contribution in [-0.4, -0.2) is 56.6 Å². The smallest absolute Gasteiger partial charge is 0.328 e. The number of amides is 1. The van der Waals surface area contributed by atoms with Gasteiger partial charge in [-0.25, -0.2) is 13.2 Å². The van der Waals surface area contributed by atoms with Gasteiger partial charge in [0.15, 0.2) is 9.84 Å². The standard InChI is InChI=1S/C14H16N2O6S/c1-14(2)10(13(19)20)16-11(18)8(12(16)23(14,21)22)9(17)7-3-5-15-6-4-7/h3-6,8-10,12,17H,1-2H3,(H,19,20)/t8-,9+,10+,12-/m1/s1. The Kier molecular flexibility index (Phi) is 3.28. The maximum atomic E-state index is 12.7. The topological polar surface area (TPSA) is 125 Å². The molecule has 0 bridgehead atoms. The molecule has 0 aromatic carbocycles. The number of carbonyl (C=O) groups excluding carboxylic acids is 1. The third kappa shape index (κ3) is 1.86. The molecule has 2 aliphatic heterocycles. The summed E-state index contributed by atoms with van der Waals surface area (Å²) in [6, 6.07) is 1.52. The number of aliphatic hydroxyl groups excluding tert-OH is 1. The Morgan fingerprint density at radius 3 is 2.43 bits per heavy atom. The third-order valence-electron chi connectivity index (χ3n) is 4.73. The van der Waals surface area contributed by atoms with Gasteiger partial charge in [-0.2, -0.15) is 0 Å². The average Bonchev–Trinajstić information content (AvgIpc) is 2.62. The van der Waals surface area contributed by atoms with Gasteiger partial charge >= 0.3 is 5.97 Å². The van der Waals surface area contributed by atoms with Gasteiger partial charge in [-0.15, -0.1) is 0 Å². The summed E-state index contributed by atoms with van der Waals surface area (Å²) in [4.78, 5) is 28.5. The molecule has 0 spiro atoms. The summed E-state index contributed by atoms with van der Waals surface area (Å²) in [5, 5.41) is 18.4. The fraction of sp³-hybridized carbons (Fsp3) is 0.500. The first kappa shape index (κ1) is 15.9. The number of hydrogen-bond acceptors (Lipinski definition) is 6. The van der Waals surface area contributed by atoms with Gasteiger partial charge < -0.3 is 15.1 Å². The number of carbonyl (C=O) groups is 2. The van der Waals surface area contributed by atoms with Crippen LogP contribution >= 0.6 is 0 Å². The highest BCUT2D eigenvalue weighted by molar-refractivity contribution is 7.93. The van der Waals surface area contributed by atoms with Crippen molar-refractivity contribution in [3.8, 4) is 0 Å². The monoisotopic (exact) mass is 340 g/mol. The van der Waals surface area contributed by atoms with Crippen molar-refractivity contribution in [1.82, 2.24) is 9.88 Å². The first-order valence-corrected chi connectivity index (χ1v) is 8.53. The van der Waals surface area contributed by atoms with Crippen LogP contribution in [0.25, 0.3) is 0 Å².